The maximum atomic E-state index is 10.9. The molecule has 5 nitrogen and oxygen atoms in total. The lowest BCUT2D eigenvalue weighted by atomic mass is 10.1. The van der Waals surface area contributed by atoms with Crippen LogP contribution in [-0.2, 0) is 9.53 Å². The summed E-state index contributed by atoms with van der Waals surface area (Å²) < 4.78 is 11.2. The summed E-state index contributed by atoms with van der Waals surface area (Å²) in [5.74, 6) is 0.579. The number of aliphatic hydroxyl groups is 1. The third-order valence-corrected chi connectivity index (χ3v) is 3.05. The minimum Gasteiger partial charge on any atom is -0.465 e. The zero-order valence-corrected chi connectivity index (χ0v) is 11.1. The van der Waals surface area contributed by atoms with E-state index in [1.165, 1.54) is 6.92 Å². The largest absolute Gasteiger partial charge is 0.465 e. The van der Waals surface area contributed by atoms with Gasteiger partial charge in [-0.25, -0.2) is 0 Å². The van der Waals surface area contributed by atoms with Gasteiger partial charge in [0.2, 0.25) is 5.91 Å². The van der Waals surface area contributed by atoms with Crippen molar-refractivity contribution >= 4 is 11.6 Å². The summed E-state index contributed by atoms with van der Waals surface area (Å²) in [6.07, 6.45) is 0.388. The van der Waals surface area contributed by atoms with Crippen LogP contribution in [0.25, 0.3) is 0 Å². The van der Waals surface area contributed by atoms with E-state index < -0.39 is 6.10 Å². The molecule has 2 rings (SSSR count). The van der Waals surface area contributed by atoms with Crippen molar-refractivity contribution in [2.45, 2.75) is 45.2 Å². The average Bonchev–Trinajstić information content (AvgIpc) is 2.36. The van der Waals surface area contributed by atoms with E-state index in [0.717, 1.165) is 5.69 Å². The van der Waals surface area contributed by atoms with Gasteiger partial charge >= 0.3 is 0 Å². The first-order chi connectivity index (χ1) is 9.04. The molecule has 0 saturated carbocycles. The van der Waals surface area contributed by atoms with Gasteiger partial charge in [0.15, 0.2) is 6.29 Å². The number of benzene rings is 1. The molecule has 1 amide bonds. The molecule has 1 saturated heterocycles. The van der Waals surface area contributed by atoms with Gasteiger partial charge in [-0.2, -0.15) is 0 Å². The van der Waals surface area contributed by atoms with Crippen molar-refractivity contribution in [3.8, 4) is 5.75 Å². The number of anilines is 1. The minimum atomic E-state index is -0.415. The van der Waals surface area contributed by atoms with Gasteiger partial charge in [-0.05, 0) is 37.6 Å². The minimum absolute atomic E-state index is 0.105. The Kier molecular flexibility index (Phi) is 4.39. The Hall–Kier alpha value is -1.59. The maximum absolute atomic E-state index is 10.9. The molecule has 19 heavy (non-hydrogen) atoms. The van der Waals surface area contributed by atoms with Crippen LogP contribution in [0, 0.1) is 0 Å². The summed E-state index contributed by atoms with van der Waals surface area (Å²) >= 11 is 0. The van der Waals surface area contributed by atoms with Crippen LogP contribution >= 0.6 is 0 Å². The molecule has 1 aromatic rings. The first-order valence-corrected chi connectivity index (χ1v) is 6.42. The summed E-state index contributed by atoms with van der Waals surface area (Å²) in [4.78, 5) is 10.9. The molecule has 1 aliphatic rings. The summed E-state index contributed by atoms with van der Waals surface area (Å²) in [6, 6.07) is 7.12. The number of rotatable bonds is 3. The predicted molar refractivity (Wildman–Crippen MR) is 70.9 cm³/mol. The van der Waals surface area contributed by atoms with Crippen LogP contribution in [-0.4, -0.2) is 29.5 Å². The van der Waals surface area contributed by atoms with Gasteiger partial charge in [0.1, 0.15) is 5.75 Å². The first-order valence-electron chi connectivity index (χ1n) is 6.42. The van der Waals surface area contributed by atoms with E-state index in [9.17, 15) is 9.90 Å². The quantitative estimate of drug-likeness (QED) is 0.876. The zero-order chi connectivity index (χ0) is 13.8. The van der Waals surface area contributed by atoms with Crippen molar-refractivity contribution in [3.63, 3.8) is 0 Å². The average molecular weight is 265 g/mol. The molecule has 104 valence electrons. The molecule has 3 unspecified atom stereocenters. The fourth-order valence-corrected chi connectivity index (χ4v) is 2.00. The summed E-state index contributed by atoms with van der Waals surface area (Å²) in [5, 5.41) is 12.3. The van der Waals surface area contributed by atoms with Crippen LogP contribution in [0.3, 0.4) is 0 Å². The van der Waals surface area contributed by atoms with E-state index in [-0.39, 0.29) is 18.3 Å². The third kappa shape index (κ3) is 3.94. The Morgan fingerprint density at radius 1 is 1.37 bits per heavy atom. The molecule has 5 heteroatoms. The first kappa shape index (κ1) is 13.8. The second-order valence-corrected chi connectivity index (χ2v) is 4.74. The maximum Gasteiger partial charge on any atom is 0.221 e. The lowest BCUT2D eigenvalue weighted by molar-refractivity contribution is -0.180. The molecule has 0 radical (unpaired) electrons. The van der Waals surface area contributed by atoms with Crippen LogP contribution in [0.2, 0.25) is 0 Å². The molecule has 1 aliphatic heterocycles. The molecular formula is C14H19NO4. The molecule has 2 N–H and O–H groups in total. The normalized spacial score (nSPS) is 26.8. The number of aliphatic hydroxyl groups excluding tert-OH is 1. The van der Waals surface area contributed by atoms with Crippen molar-refractivity contribution in [3.05, 3.63) is 24.3 Å². The highest BCUT2D eigenvalue weighted by molar-refractivity contribution is 5.88. The Morgan fingerprint density at radius 3 is 2.63 bits per heavy atom. The number of nitrogens with one attached hydrogen (secondary N) is 1. The molecule has 1 heterocycles. The highest BCUT2D eigenvalue weighted by atomic mass is 16.7. The van der Waals surface area contributed by atoms with Crippen LogP contribution in [0.15, 0.2) is 24.3 Å². The van der Waals surface area contributed by atoms with Gasteiger partial charge < -0.3 is 19.9 Å². The van der Waals surface area contributed by atoms with E-state index in [2.05, 4.69) is 5.32 Å². The fraction of sp³-hybridized carbons (Fsp3) is 0.500. The molecule has 0 spiro atoms. The van der Waals surface area contributed by atoms with E-state index >= 15 is 0 Å². The van der Waals surface area contributed by atoms with Crippen LogP contribution in [0.5, 0.6) is 5.75 Å². The Labute approximate surface area is 112 Å². The Balaban J connectivity index is 1.91. The van der Waals surface area contributed by atoms with Crippen LogP contribution < -0.4 is 10.1 Å². The van der Waals surface area contributed by atoms with Crippen molar-refractivity contribution in [1.82, 2.24) is 0 Å². The monoisotopic (exact) mass is 265 g/mol. The zero-order valence-electron chi connectivity index (χ0n) is 11.1. The lowest BCUT2D eigenvalue weighted by Gasteiger charge is -2.31. The Morgan fingerprint density at radius 2 is 2.05 bits per heavy atom. The topological polar surface area (TPSA) is 67.8 Å². The number of carbonyl (C=O) groups is 1. The molecule has 1 aromatic carbocycles. The second kappa shape index (κ2) is 6.04. The van der Waals surface area contributed by atoms with Crippen molar-refractivity contribution in [2.24, 2.45) is 0 Å². The smallest absolute Gasteiger partial charge is 0.221 e. The fourth-order valence-electron chi connectivity index (χ4n) is 2.00. The number of carbonyl (C=O) groups excluding carboxylic acids is 1. The number of ether oxygens (including phenoxy) is 2. The van der Waals surface area contributed by atoms with E-state index in [4.69, 9.17) is 9.47 Å². The van der Waals surface area contributed by atoms with Gasteiger partial charge in [0, 0.05) is 19.0 Å². The standard InChI is InChI=1S/C14H19NO4/c1-9-13(17)7-8-14(18-9)19-12-5-3-11(4-6-12)15-10(2)16/h3-6,9,13-14,17H,7-8H2,1-2H3,(H,15,16). The van der Waals surface area contributed by atoms with Gasteiger partial charge in [0.05, 0.1) is 12.2 Å². The van der Waals surface area contributed by atoms with E-state index in [1.54, 1.807) is 24.3 Å². The second-order valence-electron chi connectivity index (χ2n) is 4.74. The molecule has 0 bridgehead atoms. The van der Waals surface area contributed by atoms with E-state index in [1.807, 2.05) is 6.92 Å². The number of amides is 1. The molecule has 0 aromatic heterocycles. The molecule has 1 fully saturated rings. The van der Waals surface area contributed by atoms with Crippen molar-refractivity contribution in [1.29, 1.82) is 0 Å². The number of hydrogen-bond donors (Lipinski definition) is 2. The van der Waals surface area contributed by atoms with Crippen LogP contribution in [0.4, 0.5) is 5.69 Å². The van der Waals surface area contributed by atoms with E-state index in [0.29, 0.717) is 18.6 Å². The van der Waals surface area contributed by atoms with Gasteiger partial charge in [-0.3, -0.25) is 4.79 Å². The Bertz CT molecular complexity index is 432. The molecule has 3 atom stereocenters. The van der Waals surface area contributed by atoms with Crippen molar-refractivity contribution < 1.29 is 19.4 Å². The molecule has 0 aliphatic carbocycles. The predicted octanol–water partition coefficient (Wildman–Crippen LogP) is 1.91. The number of hydrogen-bond acceptors (Lipinski definition) is 4. The summed E-state index contributed by atoms with van der Waals surface area (Å²) in [7, 11) is 0. The summed E-state index contributed by atoms with van der Waals surface area (Å²) in [5.41, 5.74) is 0.730. The van der Waals surface area contributed by atoms with Gasteiger partial charge in [-0.1, -0.05) is 0 Å². The van der Waals surface area contributed by atoms with Crippen molar-refractivity contribution in [2.75, 3.05) is 5.32 Å². The van der Waals surface area contributed by atoms with Gasteiger partial charge in [0.25, 0.3) is 0 Å². The highest BCUT2D eigenvalue weighted by Gasteiger charge is 2.27. The summed E-state index contributed by atoms with van der Waals surface area (Å²) in [6.45, 7) is 3.30. The third-order valence-electron chi connectivity index (χ3n) is 3.05. The van der Waals surface area contributed by atoms with Crippen LogP contribution in [0.1, 0.15) is 26.7 Å². The highest BCUT2D eigenvalue weighted by Crippen LogP contribution is 2.23. The molecular weight excluding hydrogens is 246 g/mol. The lowest BCUT2D eigenvalue weighted by Crippen LogP contribution is -2.39. The SMILES string of the molecule is CC(=O)Nc1ccc(OC2CCC(O)C(C)O2)cc1. The van der Waals surface area contributed by atoms with Gasteiger partial charge in [-0.15, -0.1) is 0 Å².